The third-order valence-corrected chi connectivity index (χ3v) is 2.04. The van der Waals surface area contributed by atoms with E-state index < -0.39 is 0 Å². The van der Waals surface area contributed by atoms with Crippen LogP contribution in [0, 0.1) is 5.92 Å². The topological polar surface area (TPSA) is 44.5 Å². The SMILES string of the molecule is CCOC(CN)COCCCC(C)C. The van der Waals surface area contributed by atoms with Crippen LogP contribution in [0.4, 0.5) is 0 Å². The smallest absolute Gasteiger partial charge is 0.0930 e. The van der Waals surface area contributed by atoms with Gasteiger partial charge in [0.2, 0.25) is 0 Å². The van der Waals surface area contributed by atoms with Crippen LogP contribution in [-0.4, -0.2) is 32.5 Å². The Bertz CT molecular complexity index is 118. The van der Waals surface area contributed by atoms with E-state index in [0.717, 1.165) is 18.9 Å². The van der Waals surface area contributed by atoms with Gasteiger partial charge in [0.25, 0.3) is 0 Å². The molecule has 1 atom stereocenters. The average Bonchev–Trinajstić information content (AvgIpc) is 2.15. The molecule has 0 aromatic heterocycles. The fourth-order valence-corrected chi connectivity index (χ4v) is 1.23. The van der Waals surface area contributed by atoms with Crippen molar-refractivity contribution in [2.75, 3.05) is 26.4 Å². The number of nitrogens with two attached hydrogens (primary N) is 1. The van der Waals surface area contributed by atoms with Gasteiger partial charge in [-0.3, -0.25) is 0 Å². The summed E-state index contributed by atoms with van der Waals surface area (Å²) in [5.41, 5.74) is 5.52. The maximum Gasteiger partial charge on any atom is 0.0930 e. The quantitative estimate of drug-likeness (QED) is 0.581. The van der Waals surface area contributed by atoms with Gasteiger partial charge in [-0.05, 0) is 25.7 Å². The van der Waals surface area contributed by atoms with E-state index in [4.69, 9.17) is 15.2 Å². The predicted octanol–water partition coefficient (Wildman–Crippen LogP) is 1.80. The van der Waals surface area contributed by atoms with Crippen LogP contribution in [-0.2, 0) is 9.47 Å². The van der Waals surface area contributed by atoms with E-state index in [0.29, 0.717) is 19.8 Å². The summed E-state index contributed by atoms with van der Waals surface area (Å²) in [5, 5.41) is 0. The highest BCUT2D eigenvalue weighted by atomic mass is 16.5. The summed E-state index contributed by atoms with van der Waals surface area (Å²) in [4.78, 5) is 0. The standard InChI is InChI=1S/C11H25NO2/c1-4-14-11(8-12)9-13-7-5-6-10(2)3/h10-11H,4-9,12H2,1-3H3. The Kier molecular flexibility index (Phi) is 9.35. The summed E-state index contributed by atoms with van der Waals surface area (Å²) < 4.78 is 10.9. The number of hydrogen-bond acceptors (Lipinski definition) is 3. The van der Waals surface area contributed by atoms with Gasteiger partial charge in [-0.25, -0.2) is 0 Å². The van der Waals surface area contributed by atoms with Gasteiger partial charge in [-0.2, -0.15) is 0 Å². The number of rotatable bonds is 9. The van der Waals surface area contributed by atoms with Crippen LogP contribution in [0.15, 0.2) is 0 Å². The second-order valence-corrected chi connectivity index (χ2v) is 3.92. The van der Waals surface area contributed by atoms with Crippen molar-refractivity contribution in [1.82, 2.24) is 0 Å². The maximum absolute atomic E-state index is 5.52. The molecule has 0 aromatic rings. The fourth-order valence-electron chi connectivity index (χ4n) is 1.23. The third-order valence-electron chi connectivity index (χ3n) is 2.04. The largest absolute Gasteiger partial charge is 0.379 e. The molecule has 86 valence electrons. The fraction of sp³-hybridized carbons (Fsp3) is 1.00. The van der Waals surface area contributed by atoms with E-state index >= 15 is 0 Å². The molecule has 3 heteroatoms. The Morgan fingerprint density at radius 1 is 1.29 bits per heavy atom. The van der Waals surface area contributed by atoms with Crippen molar-refractivity contribution in [3.63, 3.8) is 0 Å². The van der Waals surface area contributed by atoms with Gasteiger partial charge < -0.3 is 15.2 Å². The van der Waals surface area contributed by atoms with E-state index in [1.807, 2.05) is 6.92 Å². The molecule has 0 amide bonds. The first kappa shape index (κ1) is 13.9. The summed E-state index contributed by atoms with van der Waals surface area (Å²) in [6.07, 6.45) is 2.42. The zero-order valence-corrected chi connectivity index (χ0v) is 9.79. The van der Waals surface area contributed by atoms with Crippen LogP contribution in [0.2, 0.25) is 0 Å². The van der Waals surface area contributed by atoms with Crippen LogP contribution < -0.4 is 5.73 Å². The zero-order valence-electron chi connectivity index (χ0n) is 9.79. The maximum atomic E-state index is 5.52. The van der Waals surface area contributed by atoms with Crippen molar-refractivity contribution < 1.29 is 9.47 Å². The molecular weight excluding hydrogens is 178 g/mol. The van der Waals surface area contributed by atoms with Crippen molar-refractivity contribution in [2.45, 2.75) is 39.7 Å². The van der Waals surface area contributed by atoms with E-state index in [1.54, 1.807) is 0 Å². The highest BCUT2D eigenvalue weighted by Crippen LogP contribution is 2.03. The van der Waals surface area contributed by atoms with Gasteiger partial charge in [-0.1, -0.05) is 13.8 Å². The minimum atomic E-state index is 0.0686. The second-order valence-electron chi connectivity index (χ2n) is 3.92. The Morgan fingerprint density at radius 2 is 2.00 bits per heavy atom. The molecule has 0 spiro atoms. The zero-order chi connectivity index (χ0) is 10.8. The van der Waals surface area contributed by atoms with Gasteiger partial charge in [0.1, 0.15) is 0 Å². The Morgan fingerprint density at radius 3 is 2.50 bits per heavy atom. The van der Waals surface area contributed by atoms with Crippen molar-refractivity contribution >= 4 is 0 Å². The molecule has 1 unspecified atom stereocenters. The van der Waals surface area contributed by atoms with Gasteiger partial charge in [0, 0.05) is 19.8 Å². The Hall–Kier alpha value is -0.120. The molecular formula is C11H25NO2. The predicted molar refractivity (Wildman–Crippen MR) is 59.4 cm³/mol. The summed E-state index contributed by atoms with van der Waals surface area (Å²) in [6.45, 7) is 9.12. The van der Waals surface area contributed by atoms with Gasteiger partial charge in [-0.15, -0.1) is 0 Å². The first-order chi connectivity index (χ1) is 6.70. The van der Waals surface area contributed by atoms with Gasteiger partial charge in [0.05, 0.1) is 12.7 Å². The lowest BCUT2D eigenvalue weighted by Gasteiger charge is -2.15. The van der Waals surface area contributed by atoms with Crippen LogP contribution in [0.3, 0.4) is 0 Å². The van der Waals surface area contributed by atoms with E-state index in [9.17, 15) is 0 Å². The first-order valence-corrected chi connectivity index (χ1v) is 5.60. The van der Waals surface area contributed by atoms with Crippen LogP contribution in [0.25, 0.3) is 0 Å². The van der Waals surface area contributed by atoms with Crippen LogP contribution in [0.1, 0.15) is 33.6 Å². The number of ether oxygens (including phenoxy) is 2. The minimum Gasteiger partial charge on any atom is -0.379 e. The summed E-state index contributed by atoms with van der Waals surface area (Å²) in [6, 6.07) is 0. The Labute approximate surface area is 88.0 Å². The monoisotopic (exact) mass is 203 g/mol. The minimum absolute atomic E-state index is 0.0686. The van der Waals surface area contributed by atoms with Gasteiger partial charge >= 0.3 is 0 Å². The molecule has 0 aliphatic carbocycles. The molecule has 0 aromatic carbocycles. The molecule has 0 rings (SSSR count). The molecule has 0 saturated heterocycles. The van der Waals surface area contributed by atoms with E-state index in [1.165, 1.54) is 6.42 Å². The summed E-state index contributed by atoms with van der Waals surface area (Å²) >= 11 is 0. The highest BCUT2D eigenvalue weighted by Gasteiger charge is 2.05. The first-order valence-electron chi connectivity index (χ1n) is 5.60. The molecule has 0 bridgehead atoms. The van der Waals surface area contributed by atoms with Crippen molar-refractivity contribution in [3.8, 4) is 0 Å². The van der Waals surface area contributed by atoms with Crippen LogP contribution in [0.5, 0.6) is 0 Å². The lowest BCUT2D eigenvalue weighted by molar-refractivity contribution is -0.00765. The molecule has 0 radical (unpaired) electrons. The van der Waals surface area contributed by atoms with Crippen molar-refractivity contribution in [1.29, 1.82) is 0 Å². The van der Waals surface area contributed by atoms with Crippen molar-refractivity contribution in [3.05, 3.63) is 0 Å². The van der Waals surface area contributed by atoms with E-state index in [2.05, 4.69) is 13.8 Å². The summed E-state index contributed by atoms with van der Waals surface area (Å²) in [7, 11) is 0. The average molecular weight is 203 g/mol. The third kappa shape index (κ3) is 8.48. The highest BCUT2D eigenvalue weighted by molar-refractivity contribution is 4.56. The van der Waals surface area contributed by atoms with Gasteiger partial charge in [0.15, 0.2) is 0 Å². The van der Waals surface area contributed by atoms with Crippen molar-refractivity contribution in [2.24, 2.45) is 11.7 Å². The molecule has 0 aliphatic rings. The molecule has 14 heavy (non-hydrogen) atoms. The Balaban J connectivity index is 3.24. The molecule has 2 N–H and O–H groups in total. The lowest BCUT2D eigenvalue weighted by Crippen LogP contribution is -2.29. The lowest BCUT2D eigenvalue weighted by atomic mass is 10.1. The molecule has 3 nitrogen and oxygen atoms in total. The van der Waals surface area contributed by atoms with Crippen LogP contribution >= 0.6 is 0 Å². The molecule has 0 aliphatic heterocycles. The second kappa shape index (κ2) is 9.44. The molecule has 0 fully saturated rings. The van der Waals surface area contributed by atoms with E-state index in [-0.39, 0.29) is 6.10 Å². The summed E-state index contributed by atoms with van der Waals surface area (Å²) in [5.74, 6) is 0.760. The molecule has 0 heterocycles. The molecule has 0 saturated carbocycles. The normalized spacial score (nSPS) is 13.5. The number of hydrogen-bond donors (Lipinski definition) is 1.